The highest BCUT2D eigenvalue weighted by molar-refractivity contribution is 7.47. The molecule has 15 nitrogen and oxygen atoms in total. The van der Waals surface area contributed by atoms with Gasteiger partial charge in [0.2, 0.25) is 0 Å². The number of hydrogen-bond acceptors (Lipinski definition) is 13. The third-order valence-electron chi connectivity index (χ3n) is 12.3. The van der Waals surface area contributed by atoms with Crippen LogP contribution in [0.5, 0.6) is 0 Å². The molecule has 0 amide bonds. The van der Waals surface area contributed by atoms with Crippen LogP contribution < -0.4 is 5.32 Å². The molecule has 0 saturated carbocycles. The molecule has 2 unspecified atom stereocenters. The highest BCUT2D eigenvalue weighted by Crippen LogP contribution is 2.48. The summed E-state index contributed by atoms with van der Waals surface area (Å²) in [5, 5.41) is 14.0. The molecular formula is C48H84ClFN5O10P. The third-order valence-corrected chi connectivity index (χ3v) is 13.7. The Bertz CT molecular complexity index is 1700. The molecule has 2 aromatic rings. The van der Waals surface area contributed by atoms with Gasteiger partial charge >= 0.3 is 19.8 Å². The summed E-state index contributed by atoms with van der Waals surface area (Å²) in [4.78, 5) is 49.4. The van der Waals surface area contributed by atoms with E-state index in [1.807, 2.05) is 0 Å². The van der Waals surface area contributed by atoms with E-state index in [-0.39, 0.29) is 18.5 Å². The maximum Gasteiger partial charge on any atom is 0.472 e. The zero-order chi connectivity index (χ0) is 48.0. The Kier molecular flexibility index (Phi) is 29.1. The summed E-state index contributed by atoms with van der Waals surface area (Å²) >= 11 is 6.23. The van der Waals surface area contributed by atoms with Gasteiger partial charge in [-0.25, -0.2) is 23.9 Å². The molecule has 66 heavy (non-hydrogen) atoms. The number of nitrogens with zero attached hydrogens (tertiary/aromatic N) is 4. The highest BCUT2D eigenvalue weighted by atomic mass is 35.5. The van der Waals surface area contributed by atoms with E-state index in [0.29, 0.717) is 30.0 Å². The first kappa shape index (κ1) is 57.9. The minimum atomic E-state index is -4.97. The van der Waals surface area contributed by atoms with Gasteiger partial charge in [0.15, 0.2) is 35.5 Å². The van der Waals surface area contributed by atoms with E-state index in [0.717, 1.165) is 38.5 Å². The number of carbonyl (C=O) groups excluding carboxylic acids is 2. The molecule has 2 aromatic heterocycles. The van der Waals surface area contributed by atoms with Crippen LogP contribution in [-0.2, 0) is 37.4 Å². The fourth-order valence-corrected chi connectivity index (χ4v) is 9.39. The van der Waals surface area contributed by atoms with Gasteiger partial charge in [-0.15, -0.1) is 11.6 Å². The van der Waals surface area contributed by atoms with Crippen LogP contribution in [0.4, 0.5) is 10.2 Å². The number of imidazole rings is 1. The van der Waals surface area contributed by atoms with E-state index in [2.05, 4.69) is 34.1 Å². The van der Waals surface area contributed by atoms with Crippen LogP contribution >= 0.6 is 19.4 Å². The van der Waals surface area contributed by atoms with Gasteiger partial charge in [0.05, 0.1) is 25.4 Å². The topological polar surface area (TPSA) is 193 Å². The normalized spacial score (nSPS) is 19.8. The average molecular weight is 977 g/mol. The van der Waals surface area contributed by atoms with Crippen LogP contribution in [0.25, 0.3) is 11.2 Å². The lowest BCUT2D eigenvalue weighted by Gasteiger charge is -2.30. The number of esters is 2. The number of aliphatic hydroxyl groups excluding tert-OH is 1. The number of anilines is 1. The lowest BCUT2D eigenvalue weighted by Crippen LogP contribution is -2.47. The van der Waals surface area contributed by atoms with Crippen LogP contribution in [0.2, 0.25) is 0 Å². The molecule has 3 heterocycles. The van der Waals surface area contributed by atoms with Crippen LogP contribution in [0.3, 0.4) is 0 Å². The van der Waals surface area contributed by atoms with Crippen molar-refractivity contribution in [1.82, 2.24) is 19.5 Å². The first-order chi connectivity index (χ1) is 31.9. The Labute approximate surface area is 399 Å². The fourth-order valence-electron chi connectivity index (χ4n) is 8.28. The number of ether oxygens (including phenoxy) is 3. The molecule has 1 fully saturated rings. The maximum absolute atomic E-state index is 15.8. The number of unbranched alkanes of at least 4 members (excludes halogenated alkanes) is 24. The van der Waals surface area contributed by atoms with Crippen molar-refractivity contribution in [2.75, 3.05) is 38.1 Å². The van der Waals surface area contributed by atoms with E-state index in [1.54, 1.807) is 14.0 Å². The van der Waals surface area contributed by atoms with Gasteiger partial charge in [-0.05, 0) is 19.8 Å². The Morgan fingerprint density at radius 3 is 1.77 bits per heavy atom. The molecule has 0 aliphatic carbocycles. The minimum Gasteiger partial charge on any atom is -0.462 e. The van der Waals surface area contributed by atoms with Crippen molar-refractivity contribution in [3.05, 3.63) is 12.2 Å². The Morgan fingerprint density at radius 2 is 1.29 bits per heavy atom. The molecule has 1 aliphatic rings. The molecule has 0 radical (unpaired) electrons. The monoisotopic (exact) mass is 976 g/mol. The molecule has 380 valence electrons. The Hall–Kier alpha value is -2.46. The minimum absolute atomic E-state index is 0.127. The molecule has 0 bridgehead atoms. The van der Waals surface area contributed by atoms with Crippen LogP contribution in [0.15, 0.2) is 6.33 Å². The number of aromatic nitrogens is 4. The molecule has 0 aromatic carbocycles. The van der Waals surface area contributed by atoms with Crippen molar-refractivity contribution >= 4 is 48.3 Å². The van der Waals surface area contributed by atoms with Crippen LogP contribution in [0, 0.1) is 6.92 Å². The smallest absolute Gasteiger partial charge is 0.462 e. The summed E-state index contributed by atoms with van der Waals surface area (Å²) in [5.41, 5.74) is -1.42. The molecule has 6 atom stereocenters. The SMILES string of the molecule is CCCCCCCCCCCCCCCC(=O)OCC(COP(=O)(O)OC[C@@]1(CCl)O[C@@H](n2cnc3c(NC)nc(C)nc32)[C@H](F)[C@@H]1O)OC(=O)CCCCCCCCCCCCCCC. The molecule has 3 N–H and O–H groups in total. The number of aryl methyl sites for hydroxylation is 1. The molecule has 1 aliphatic heterocycles. The van der Waals surface area contributed by atoms with Crippen molar-refractivity contribution in [3.63, 3.8) is 0 Å². The van der Waals surface area contributed by atoms with Gasteiger partial charge < -0.3 is 29.5 Å². The Balaban J connectivity index is 1.48. The van der Waals surface area contributed by atoms with Gasteiger partial charge in [0.25, 0.3) is 0 Å². The summed E-state index contributed by atoms with van der Waals surface area (Å²) in [6, 6.07) is 0. The zero-order valence-electron chi connectivity index (χ0n) is 40.7. The van der Waals surface area contributed by atoms with Crippen molar-refractivity contribution < 1.29 is 51.8 Å². The highest BCUT2D eigenvalue weighted by Gasteiger charge is 2.57. The number of aliphatic hydroxyl groups is 1. The second kappa shape index (κ2) is 33.1. The average Bonchev–Trinajstić information content (AvgIpc) is 3.83. The van der Waals surface area contributed by atoms with Crippen molar-refractivity contribution in [2.24, 2.45) is 0 Å². The number of phosphoric ester groups is 1. The van der Waals surface area contributed by atoms with Crippen molar-refractivity contribution in [1.29, 1.82) is 0 Å². The zero-order valence-corrected chi connectivity index (χ0v) is 42.3. The van der Waals surface area contributed by atoms with E-state index in [1.165, 1.54) is 126 Å². The Morgan fingerprint density at radius 1 is 0.803 bits per heavy atom. The molecule has 18 heteroatoms. The number of nitrogens with one attached hydrogen (secondary N) is 1. The summed E-state index contributed by atoms with van der Waals surface area (Å²) < 4.78 is 57.8. The fraction of sp³-hybridized carbons (Fsp3) is 0.854. The van der Waals surface area contributed by atoms with Gasteiger partial charge in [0.1, 0.15) is 24.1 Å². The molecule has 3 rings (SSSR count). The molecular weight excluding hydrogens is 892 g/mol. The van der Waals surface area contributed by atoms with Gasteiger partial charge in [-0.1, -0.05) is 168 Å². The third kappa shape index (κ3) is 21.5. The van der Waals surface area contributed by atoms with Gasteiger partial charge in [-0.3, -0.25) is 23.2 Å². The van der Waals surface area contributed by atoms with Crippen LogP contribution in [-0.4, -0.2) is 98.2 Å². The number of halogens is 2. The van der Waals surface area contributed by atoms with E-state index in [4.69, 9.17) is 34.9 Å². The number of carbonyl (C=O) groups is 2. The lowest BCUT2D eigenvalue weighted by molar-refractivity contribution is -0.161. The van der Waals surface area contributed by atoms with E-state index < -0.39 is 75.7 Å². The largest absolute Gasteiger partial charge is 0.472 e. The second-order valence-electron chi connectivity index (χ2n) is 18.1. The van der Waals surface area contributed by atoms with Crippen molar-refractivity contribution in [3.8, 4) is 0 Å². The molecule has 1 saturated heterocycles. The number of hydrogen-bond donors (Lipinski definition) is 3. The summed E-state index contributed by atoms with van der Waals surface area (Å²) in [6.45, 7) is 4.23. The summed E-state index contributed by atoms with van der Waals surface area (Å²) in [7, 11) is -3.32. The number of rotatable bonds is 40. The molecule has 0 spiro atoms. The summed E-state index contributed by atoms with van der Waals surface area (Å²) in [5.74, 6) is -0.766. The van der Waals surface area contributed by atoms with Crippen molar-refractivity contribution in [2.45, 2.75) is 231 Å². The maximum atomic E-state index is 15.8. The summed E-state index contributed by atoms with van der Waals surface area (Å²) in [6.07, 6.45) is 25.4. The van der Waals surface area contributed by atoms with E-state index in [9.17, 15) is 24.2 Å². The standard InChI is InChI=1S/C48H84ClFN5O10P/c1-5-7-9-11-13-15-17-19-21-23-25-27-29-31-40(56)61-33-39(64-41(57)32-30-28-26-24-22-20-18-16-14-12-10-8-6-2)34-62-66(59,60)63-36-48(35-49)44(58)42(50)47(65-48)55-37-52-43-45(51-4)53-38(3)54-46(43)55/h37,39,42,44,47,58H,5-36H2,1-4H3,(H,59,60)(H,51,53,54)/t39?,42-,44+,47-,48-/m1/s1. The van der Waals surface area contributed by atoms with Gasteiger partial charge in [0, 0.05) is 19.9 Å². The first-order valence-electron chi connectivity index (χ1n) is 25.3. The van der Waals surface area contributed by atoms with E-state index >= 15 is 4.39 Å². The predicted octanol–water partition coefficient (Wildman–Crippen LogP) is 11.9. The van der Waals surface area contributed by atoms with Gasteiger partial charge in [-0.2, -0.15) is 0 Å². The number of alkyl halides is 2. The number of phosphoric acid groups is 1. The van der Waals surface area contributed by atoms with Crippen LogP contribution in [0.1, 0.15) is 206 Å². The quantitative estimate of drug-likeness (QED) is 0.0247. The second-order valence-corrected chi connectivity index (χ2v) is 19.8. The predicted molar refractivity (Wildman–Crippen MR) is 257 cm³/mol. The lowest BCUT2D eigenvalue weighted by atomic mass is 9.99. The first-order valence-corrected chi connectivity index (χ1v) is 27.3. The number of fused-ring (bicyclic) bond motifs is 1.